The molecule has 0 aliphatic rings. The standard InChI is InChI=1S/C13H11NO2S2/c15-5-6-16-9-3-4-10-12(8-9)18-13(14-10)11-2-1-7-17-11/h1-4,7-8,15H,5-6H2. The van der Waals surface area contributed by atoms with Crippen LogP contribution in [0.1, 0.15) is 0 Å². The van der Waals surface area contributed by atoms with Crippen LogP contribution in [-0.4, -0.2) is 23.3 Å². The first kappa shape index (κ1) is 11.6. The lowest BCUT2D eigenvalue weighted by Crippen LogP contribution is -2.00. The van der Waals surface area contributed by atoms with Crippen LogP contribution in [0.4, 0.5) is 0 Å². The van der Waals surface area contributed by atoms with Crippen molar-refractivity contribution in [2.24, 2.45) is 0 Å². The maximum Gasteiger partial charge on any atom is 0.134 e. The summed E-state index contributed by atoms with van der Waals surface area (Å²) in [5.41, 5.74) is 0.986. The van der Waals surface area contributed by atoms with E-state index in [1.54, 1.807) is 22.7 Å². The summed E-state index contributed by atoms with van der Waals surface area (Å²) in [5, 5.41) is 11.8. The van der Waals surface area contributed by atoms with Crippen molar-refractivity contribution >= 4 is 32.9 Å². The summed E-state index contributed by atoms with van der Waals surface area (Å²) in [6.07, 6.45) is 0. The highest BCUT2D eigenvalue weighted by molar-refractivity contribution is 7.25. The zero-order valence-corrected chi connectivity index (χ0v) is 11.1. The Morgan fingerprint density at radius 1 is 1.28 bits per heavy atom. The van der Waals surface area contributed by atoms with E-state index in [9.17, 15) is 0 Å². The zero-order valence-electron chi connectivity index (χ0n) is 9.50. The molecule has 0 fully saturated rings. The lowest BCUT2D eigenvalue weighted by molar-refractivity contribution is 0.201. The van der Waals surface area contributed by atoms with Gasteiger partial charge < -0.3 is 9.84 Å². The quantitative estimate of drug-likeness (QED) is 0.794. The second-order valence-electron chi connectivity index (χ2n) is 3.70. The average Bonchev–Trinajstić information content (AvgIpc) is 3.03. The Balaban J connectivity index is 1.97. The number of thiophene rings is 1. The molecule has 2 aromatic heterocycles. The average molecular weight is 277 g/mol. The molecular formula is C13H11NO2S2. The third-order valence-corrected chi connectivity index (χ3v) is 4.51. The summed E-state index contributed by atoms with van der Waals surface area (Å²) >= 11 is 3.35. The third-order valence-electron chi connectivity index (χ3n) is 2.45. The lowest BCUT2D eigenvalue weighted by Gasteiger charge is -2.02. The van der Waals surface area contributed by atoms with Gasteiger partial charge in [-0.05, 0) is 29.6 Å². The van der Waals surface area contributed by atoms with Gasteiger partial charge in [0.05, 0.1) is 21.7 Å². The minimum absolute atomic E-state index is 0.0289. The van der Waals surface area contributed by atoms with Crippen molar-refractivity contribution in [3.63, 3.8) is 0 Å². The first-order valence-corrected chi connectivity index (χ1v) is 7.24. The van der Waals surface area contributed by atoms with Gasteiger partial charge >= 0.3 is 0 Å². The Labute approximate surface area is 112 Å². The molecule has 0 saturated carbocycles. The molecule has 2 heterocycles. The molecule has 0 amide bonds. The molecule has 0 saturated heterocycles. The number of fused-ring (bicyclic) bond motifs is 1. The van der Waals surface area contributed by atoms with Gasteiger partial charge in [-0.1, -0.05) is 6.07 Å². The Bertz CT molecular complexity index is 646. The Morgan fingerprint density at radius 3 is 3.00 bits per heavy atom. The molecule has 3 aromatic rings. The van der Waals surface area contributed by atoms with E-state index in [4.69, 9.17) is 9.84 Å². The van der Waals surface area contributed by atoms with Crippen LogP contribution in [0, 0.1) is 0 Å². The second kappa shape index (κ2) is 5.06. The van der Waals surface area contributed by atoms with Crippen molar-refractivity contribution in [1.29, 1.82) is 0 Å². The fraction of sp³-hybridized carbons (Fsp3) is 0.154. The summed E-state index contributed by atoms with van der Waals surface area (Å²) in [6.45, 7) is 0.350. The molecular weight excluding hydrogens is 266 g/mol. The molecule has 1 N–H and O–H groups in total. The van der Waals surface area contributed by atoms with E-state index in [0.717, 1.165) is 21.0 Å². The van der Waals surface area contributed by atoms with Gasteiger partial charge in [0.15, 0.2) is 0 Å². The largest absolute Gasteiger partial charge is 0.491 e. The SMILES string of the molecule is OCCOc1ccc2nc(-c3cccs3)sc2c1. The van der Waals surface area contributed by atoms with Gasteiger partial charge in [-0.15, -0.1) is 22.7 Å². The van der Waals surface area contributed by atoms with Crippen LogP contribution in [0.25, 0.3) is 20.1 Å². The van der Waals surface area contributed by atoms with Crippen LogP contribution < -0.4 is 4.74 Å². The van der Waals surface area contributed by atoms with Crippen molar-refractivity contribution in [3.8, 4) is 15.6 Å². The van der Waals surface area contributed by atoms with Crippen molar-refractivity contribution in [3.05, 3.63) is 35.7 Å². The molecule has 0 atom stereocenters. The molecule has 0 aliphatic heterocycles. The van der Waals surface area contributed by atoms with Crippen molar-refractivity contribution in [1.82, 2.24) is 4.98 Å². The molecule has 0 spiro atoms. The number of nitrogens with zero attached hydrogens (tertiary/aromatic N) is 1. The fourth-order valence-electron chi connectivity index (χ4n) is 1.66. The predicted octanol–water partition coefficient (Wildman–Crippen LogP) is 3.40. The minimum Gasteiger partial charge on any atom is -0.491 e. The van der Waals surface area contributed by atoms with Crippen LogP contribution in [0.3, 0.4) is 0 Å². The van der Waals surface area contributed by atoms with Gasteiger partial charge in [-0.2, -0.15) is 0 Å². The molecule has 92 valence electrons. The highest BCUT2D eigenvalue weighted by Crippen LogP contribution is 2.34. The molecule has 0 bridgehead atoms. The highest BCUT2D eigenvalue weighted by Gasteiger charge is 2.07. The molecule has 18 heavy (non-hydrogen) atoms. The van der Waals surface area contributed by atoms with E-state index in [1.807, 2.05) is 24.3 Å². The number of ether oxygens (including phenoxy) is 1. The van der Waals surface area contributed by atoms with Gasteiger partial charge in [0.1, 0.15) is 17.4 Å². The maximum absolute atomic E-state index is 8.74. The third kappa shape index (κ3) is 2.25. The number of aliphatic hydroxyl groups is 1. The van der Waals surface area contributed by atoms with E-state index in [1.165, 1.54) is 4.88 Å². The van der Waals surface area contributed by atoms with Crippen LogP contribution in [0.15, 0.2) is 35.7 Å². The molecule has 3 rings (SSSR count). The normalized spacial score (nSPS) is 10.9. The van der Waals surface area contributed by atoms with Gasteiger partial charge in [0.25, 0.3) is 0 Å². The summed E-state index contributed by atoms with van der Waals surface area (Å²) < 4.78 is 6.50. The van der Waals surface area contributed by atoms with Gasteiger partial charge in [0.2, 0.25) is 0 Å². The number of aromatic nitrogens is 1. The molecule has 5 heteroatoms. The van der Waals surface area contributed by atoms with Crippen molar-refractivity contribution in [2.45, 2.75) is 0 Å². The van der Waals surface area contributed by atoms with Crippen molar-refractivity contribution in [2.75, 3.05) is 13.2 Å². The van der Waals surface area contributed by atoms with Gasteiger partial charge in [0, 0.05) is 0 Å². The Kier molecular flexibility index (Phi) is 3.27. The number of aliphatic hydroxyl groups excluding tert-OH is 1. The zero-order chi connectivity index (χ0) is 12.4. The predicted molar refractivity (Wildman–Crippen MR) is 75.5 cm³/mol. The number of rotatable bonds is 4. The van der Waals surface area contributed by atoms with Gasteiger partial charge in [-0.25, -0.2) is 4.98 Å². The number of hydrogen-bond acceptors (Lipinski definition) is 5. The molecule has 0 radical (unpaired) electrons. The van der Waals surface area contributed by atoms with E-state index >= 15 is 0 Å². The van der Waals surface area contributed by atoms with Crippen molar-refractivity contribution < 1.29 is 9.84 Å². The maximum atomic E-state index is 8.74. The second-order valence-corrected chi connectivity index (χ2v) is 5.68. The van der Waals surface area contributed by atoms with E-state index in [-0.39, 0.29) is 6.61 Å². The van der Waals surface area contributed by atoms with Crippen LogP contribution >= 0.6 is 22.7 Å². The molecule has 0 aliphatic carbocycles. The molecule has 1 aromatic carbocycles. The number of hydrogen-bond donors (Lipinski definition) is 1. The monoisotopic (exact) mass is 277 g/mol. The summed E-state index contributed by atoms with van der Waals surface area (Å²) in [5.74, 6) is 0.776. The van der Waals surface area contributed by atoms with E-state index in [2.05, 4.69) is 16.4 Å². The lowest BCUT2D eigenvalue weighted by atomic mass is 10.3. The molecule has 0 unspecified atom stereocenters. The first-order chi connectivity index (χ1) is 8.86. The fourth-order valence-corrected chi connectivity index (χ4v) is 3.45. The molecule has 3 nitrogen and oxygen atoms in total. The minimum atomic E-state index is 0.0289. The topological polar surface area (TPSA) is 42.4 Å². The summed E-state index contributed by atoms with van der Waals surface area (Å²) in [7, 11) is 0. The van der Waals surface area contributed by atoms with Crippen LogP contribution in [0.5, 0.6) is 5.75 Å². The summed E-state index contributed by atoms with van der Waals surface area (Å²) in [4.78, 5) is 5.79. The van der Waals surface area contributed by atoms with E-state index in [0.29, 0.717) is 6.61 Å². The number of thiazole rings is 1. The van der Waals surface area contributed by atoms with E-state index < -0.39 is 0 Å². The van der Waals surface area contributed by atoms with Crippen LogP contribution in [0.2, 0.25) is 0 Å². The first-order valence-electron chi connectivity index (χ1n) is 5.55. The number of benzene rings is 1. The smallest absolute Gasteiger partial charge is 0.134 e. The van der Waals surface area contributed by atoms with Gasteiger partial charge in [-0.3, -0.25) is 0 Å². The Morgan fingerprint density at radius 2 is 2.22 bits per heavy atom. The van der Waals surface area contributed by atoms with Crippen LogP contribution in [-0.2, 0) is 0 Å². The summed E-state index contributed by atoms with van der Waals surface area (Å²) in [6, 6.07) is 9.92. The highest BCUT2D eigenvalue weighted by atomic mass is 32.1. The Hall–Kier alpha value is -1.43.